The Morgan fingerprint density at radius 1 is 0.571 bits per heavy atom. The van der Waals surface area contributed by atoms with E-state index in [2.05, 4.69) is 196 Å². The lowest BCUT2D eigenvalue weighted by Crippen LogP contribution is -2.40. The Hall–Kier alpha value is -7.55. The van der Waals surface area contributed by atoms with E-state index in [0.29, 0.717) is 0 Å². The molecule has 8 aromatic carbocycles. The Labute approximate surface area is 368 Å². The molecule has 3 atom stereocenters. The molecule has 7 heteroatoms. The molecule has 63 heavy (non-hydrogen) atoms. The highest BCUT2D eigenvalue weighted by Gasteiger charge is 2.31. The van der Waals surface area contributed by atoms with Crippen molar-refractivity contribution in [3.8, 4) is 16.8 Å². The van der Waals surface area contributed by atoms with Crippen LogP contribution in [0.2, 0.25) is 0 Å². The van der Waals surface area contributed by atoms with E-state index in [0.717, 1.165) is 44.8 Å². The van der Waals surface area contributed by atoms with E-state index < -0.39 is 0 Å². The van der Waals surface area contributed by atoms with Gasteiger partial charge in [0.25, 0.3) is 0 Å². The first kappa shape index (κ1) is 37.2. The average molecular weight is 831 g/mol. The number of rotatable bonds is 8. The fourth-order valence-electron chi connectivity index (χ4n) is 9.49. The van der Waals surface area contributed by atoms with Crippen LogP contribution in [-0.4, -0.2) is 15.3 Å². The van der Waals surface area contributed by atoms with Gasteiger partial charge in [-0.25, -0.2) is 0 Å². The maximum absolute atomic E-state index is 6.81. The van der Waals surface area contributed by atoms with E-state index in [1.165, 1.54) is 53.1 Å². The van der Waals surface area contributed by atoms with Crippen LogP contribution in [0.3, 0.4) is 0 Å². The number of nitrogens with two attached hydrogens (primary N) is 1. The van der Waals surface area contributed by atoms with Crippen LogP contribution in [0.4, 0.5) is 5.69 Å². The molecule has 302 valence electrons. The topological polar surface area (TPSA) is 72.3 Å². The predicted octanol–water partition coefficient (Wildman–Crippen LogP) is 13.8. The Morgan fingerprint density at radius 3 is 1.97 bits per heavy atom. The summed E-state index contributed by atoms with van der Waals surface area (Å²) in [4.78, 5) is 6.47. The van der Waals surface area contributed by atoms with Gasteiger partial charge in [0, 0.05) is 43.5 Å². The number of nitrogens with one attached hydrogen (secondary N) is 2. The fourth-order valence-corrected chi connectivity index (χ4v) is 10.7. The van der Waals surface area contributed by atoms with E-state index in [-0.39, 0.29) is 18.4 Å². The molecule has 4 N–H and O–H groups in total. The minimum Gasteiger partial charge on any atom is -0.351 e. The summed E-state index contributed by atoms with van der Waals surface area (Å²) in [6.07, 6.45) is 3.84. The number of fused-ring (bicyclic) bond motifs is 9. The van der Waals surface area contributed by atoms with Crippen molar-refractivity contribution in [1.82, 2.24) is 14.5 Å². The van der Waals surface area contributed by atoms with E-state index >= 15 is 0 Å². The first-order chi connectivity index (χ1) is 31.2. The van der Waals surface area contributed by atoms with Gasteiger partial charge in [-0.05, 0) is 76.9 Å². The molecule has 4 heterocycles. The molecule has 3 aromatic heterocycles. The van der Waals surface area contributed by atoms with Crippen molar-refractivity contribution in [2.24, 2.45) is 10.7 Å². The molecule has 12 rings (SSSR count). The number of hydrogen-bond donors (Lipinski definition) is 3. The number of hydrogen-bond acceptors (Lipinski definition) is 5. The smallest absolute Gasteiger partial charge is 0.160 e. The summed E-state index contributed by atoms with van der Waals surface area (Å²) in [5.74, 6) is 0. The van der Waals surface area contributed by atoms with Crippen LogP contribution in [0, 0.1) is 0 Å². The summed E-state index contributed by atoms with van der Waals surface area (Å²) in [6.45, 7) is 0. The third kappa shape index (κ3) is 6.45. The van der Waals surface area contributed by atoms with Crippen LogP contribution in [0.25, 0.3) is 76.2 Å². The highest BCUT2D eigenvalue weighted by molar-refractivity contribution is 7.20. The van der Waals surface area contributed by atoms with Gasteiger partial charge >= 0.3 is 0 Å². The van der Waals surface area contributed by atoms with Crippen molar-refractivity contribution >= 4 is 82.6 Å². The number of para-hydroxylation sites is 3. The standard InChI is InChI=1S/C56H42N6S/c57-46(36-16-4-1-5-17-36)34-47(37-18-6-2-7-19-37)58-35-48-55-54(44-24-12-15-27-53(44)63-55)60-56(59-48)62-50-26-14-10-22-41(50)43-30-28-39(33-52(43)62)38-29-31-51-45(32-38)42-23-11-13-25-49(42)61(51)40-20-8-3-9-21-40/h1-35,46,48,56,59-60H,57H2/b47-34-,58-35+. The van der Waals surface area contributed by atoms with Gasteiger partial charge in [-0.1, -0.05) is 152 Å². The predicted molar refractivity (Wildman–Crippen MR) is 266 cm³/mol. The minimum absolute atomic E-state index is 0.201. The van der Waals surface area contributed by atoms with Gasteiger partial charge < -0.3 is 20.2 Å². The number of thiophene rings is 1. The number of aliphatic imine (C=N–C) groups is 1. The van der Waals surface area contributed by atoms with Gasteiger partial charge in [0.1, 0.15) is 0 Å². The van der Waals surface area contributed by atoms with Gasteiger partial charge in [0.2, 0.25) is 0 Å². The van der Waals surface area contributed by atoms with Gasteiger partial charge in [-0.3, -0.25) is 10.3 Å². The molecule has 0 spiro atoms. The van der Waals surface area contributed by atoms with Crippen LogP contribution in [-0.2, 0) is 0 Å². The van der Waals surface area contributed by atoms with Crippen molar-refractivity contribution in [2.45, 2.75) is 18.4 Å². The molecule has 11 aromatic rings. The Balaban J connectivity index is 0.991. The first-order valence-corrected chi connectivity index (χ1v) is 22.3. The SMILES string of the molecule is NC(/C=C(\N=C\C1NC(n2c3ccccc3c3ccc(-c4ccc5c(c4)c4ccccc4n5-c4ccccc4)cc32)Nc2c1sc1ccccc21)c1ccccc1)c1ccccc1. The molecule has 6 nitrogen and oxygen atoms in total. The van der Waals surface area contributed by atoms with Crippen LogP contribution < -0.4 is 16.4 Å². The second kappa shape index (κ2) is 15.4. The second-order valence-corrected chi connectivity index (χ2v) is 17.3. The maximum atomic E-state index is 6.81. The lowest BCUT2D eigenvalue weighted by Gasteiger charge is -2.33. The molecular weight excluding hydrogens is 789 g/mol. The first-order valence-electron chi connectivity index (χ1n) is 21.4. The normalized spacial score (nSPS) is 16.0. The summed E-state index contributed by atoms with van der Waals surface area (Å²) < 4.78 is 6.03. The summed E-state index contributed by atoms with van der Waals surface area (Å²) >= 11 is 1.80. The van der Waals surface area contributed by atoms with Gasteiger partial charge in [-0.15, -0.1) is 11.3 Å². The van der Waals surface area contributed by atoms with Crippen LogP contribution in [0.15, 0.2) is 211 Å². The van der Waals surface area contributed by atoms with Crippen molar-refractivity contribution in [3.63, 3.8) is 0 Å². The maximum Gasteiger partial charge on any atom is 0.160 e. The molecule has 0 aliphatic carbocycles. The molecule has 0 bridgehead atoms. The van der Waals surface area contributed by atoms with E-state index in [1.54, 1.807) is 11.3 Å². The number of aromatic nitrogens is 2. The fraction of sp³-hybridized carbons (Fsp3) is 0.0536. The van der Waals surface area contributed by atoms with Crippen molar-refractivity contribution < 1.29 is 0 Å². The quantitative estimate of drug-likeness (QED) is 0.134. The second-order valence-electron chi connectivity index (χ2n) is 16.2. The molecule has 0 saturated carbocycles. The summed E-state index contributed by atoms with van der Waals surface area (Å²) in [6, 6.07) is 70.6. The van der Waals surface area contributed by atoms with E-state index in [4.69, 9.17) is 10.7 Å². The zero-order valence-electron chi connectivity index (χ0n) is 34.3. The largest absolute Gasteiger partial charge is 0.351 e. The number of nitrogens with zero attached hydrogens (tertiary/aromatic N) is 3. The summed E-state index contributed by atoms with van der Waals surface area (Å²) in [5, 5.41) is 14.1. The molecule has 0 saturated heterocycles. The zero-order valence-corrected chi connectivity index (χ0v) is 35.1. The summed E-state index contributed by atoms with van der Waals surface area (Å²) in [7, 11) is 0. The molecule has 0 fully saturated rings. The van der Waals surface area contributed by atoms with Crippen molar-refractivity contribution in [1.29, 1.82) is 0 Å². The molecule has 3 unspecified atom stereocenters. The van der Waals surface area contributed by atoms with Crippen LogP contribution in [0.5, 0.6) is 0 Å². The molecule has 1 aliphatic heterocycles. The lowest BCUT2D eigenvalue weighted by atomic mass is 10.0. The molecule has 1 aliphatic rings. The third-order valence-corrected chi connectivity index (χ3v) is 13.7. The van der Waals surface area contributed by atoms with Gasteiger partial charge in [0.15, 0.2) is 6.29 Å². The van der Waals surface area contributed by atoms with Gasteiger partial charge in [-0.2, -0.15) is 0 Å². The lowest BCUT2D eigenvalue weighted by molar-refractivity contribution is 0.443. The Morgan fingerprint density at radius 2 is 1.17 bits per heavy atom. The third-order valence-electron chi connectivity index (χ3n) is 12.5. The Kier molecular flexibility index (Phi) is 9.11. The van der Waals surface area contributed by atoms with E-state index in [9.17, 15) is 0 Å². The van der Waals surface area contributed by atoms with Crippen molar-refractivity contribution in [2.75, 3.05) is 5.32 Å². The van der Waals surface area contributed by atoms with Crippen LogP contribution >= 0.6 is 11.3 Å². The van der Waals surface area contributed by atoms with Crippen molar-refractivity contribution in [3.05, 3.63) is 222 Å². The summed E-state index contributed by atoms with van der Waals surface area (Å²) in [5.41, 5.74) is 19.0. The van der Waals surface area contributed by atoms with E-state index in [1.807, 2.05) is 36.4 Å². The number of benzene rings is 8. The molecule has 0 amide bonds. The van der Waals surface area contributed by atoms with Crippen LogP contribution in [0.1, 0.15) is 34.4 Å². The highest BCUT2D eigenvalue weighted by Crippen LogP contribution is 2.45. The monoisotopic (exact) mass is 830 g/mol. The zero-order chi connectivity index (χ0) is 41.9. The highest BCUT2D eigenvalue weighted by atomic mass is 32.1. The Bertz CT molecular complexity index is 3550. The average Bonchev–Trinajstić information content (AvgIpc) is 4.01. The molecular formula is C56H42N6S. The molecule has 0 radical (unpaired) electrons. The van der Waals surface area contributed by atoms with Gasteiger partial charge in [0.05, 0.1) is 50.4 Å². The minimum atomic E-state index is -0.317. The number of anilines is 1.